The maximum atomic E-state index is 14.8. The van der Waals surface area contributed by atoms with Gasteiger partial charge in [0.15, 0.2) is 5.76 Å². The van der Waals surface area contributed by atoms with E-state index in [9.17, 15) is 9.18 Å². The molecule has 1 heterocycles. The average molecular weight is 421 g/mol. The molecule has 0 saturated heterocycles. The predicted octanol–water partition coefficient (Wildman–Crippen LogP) is 5.58. The summed E-state index contributed by atoms with van der Waals surface area (Å²) in [5.41, 5.74) is 2.31. The van der Waals surface area contributed by atoms with Gasteiger partial charge in [-0.3, -0.25) is 4.79 Å². The van der Waals surface area contributed by atoms with Gasteiger partial charge in [0.2, 0.25) is 0 Å². The second kappa shape index (κ2) is 8.93. The number of benzene rings is 3. The van der Waals surface area contributed by atoms with E-state index in [1.165, 1.54) is 12.3 Å². The molecule has 0 bridgehead atoms. The molecule has 0 aliphatic carbocycles. The highest BCUT2D eigenvalue weighted by Crippen LogP contribution is 2.29. The number of aromatic nitrogens is 1. The zero-order valence-corrected chi connectivity index (χ0v) is 16.6. The average Bonchev–Trinajstić information content (AvgIpc) is 3.24. The molecule has 6 heteroatoms. The van der Waals surface area contributed by atoms with Gasteiger partial charge in [-0.1, -0.05) is 89.6 Å². The van der Waals surface area contributed by atoms with Crippen molar-refractivity contribution in [3.05, 3.63) is 124 Å². The Bertz CT molecular complexity index is 1150. The van der Waals surface area contributed by atoms with Crippen molar-refractivity contribution in [1.29, 1.82) is 0 Å². The van der Waals surface area contributed by atoms with Crippen LogP contribution in [0.4, 0.5) is 4.39 Å². The molecule has 0 radical (unpaired) electrons. The lowest BCUT2D eigenvalue weighted by Crippen LogP contribution is -2.30. The van der Waals surface area contributed by atoms with Gasteiger partial charge in [0.25, 0.3) is 5.91 Å². The fourth-order valence-corrected chi connectivity index (χ4v) is 3.48. The van der Waals surface area contributed by atoms with E-state index in [2.05, 4.69) is 10.5 Å². The molecule has 4 nitrogen and oxygen atoms in total. The Morgan fingerprint density at radius 1 is 1.00 bits per heavy atom. The van der Waals surface area contributed by atoms with Crippen molar-refractivity contribution in [1.82, 2.24) is 10.5 Å². The summed E-state index contributed by atoms with van der Waals surface area (Å²) in [4.78, 5) is 13.1. The van der Waals surface area contributed by atoms with E-state index in [1.54, 1.807) is 12.1 Å². The summed E-state index contributed by atoms with van der Waals surface area (Å²) in [6.45, 7) is 0. The fraction of sp³-hybridized carbons (Fsp3) is 0.0833. The highest BCUT2D eigenvalue weighted by molar-refractivity contribution is 6.30. The predicted molar refractivity (Wildman–Crippen MR) is 113 cm³/mol. The van der Waals surface area contributed by atoms with Crippen LogP contribution in [0, 0.1) is 5.82 Å². The lowest BCUT2D eigenvalue weighted by atomic mass is 9.97. The molecule has 3 aromatic carbocycles. The van der Waals surface area contributed by atoms with E-state index in [-0.39, 0.29) is 10.6 Å². The highest BCUT2D eigenvalue weighted by atomic mass is 35.5. The van der Waals surface area contributed by atoms with Crippen LogP contribution in [0.25, 0.3) is 0 Å². The van der Waals surface area contributed by atoms with Crippen LogP contribution in [0.2, 0.25) is 5.02 Å². The first-order valence-electron chi connectivity index (χ1n) is 9.40. The lowest BCUT2D eigenvalue weighted by Gasteiger charge is -2.20. The summed E-state index contributed by atoms with van der Waals surface area (Å²) in [6, 6.07) is 22.8. The minimum atomic E-state index is -0.725. The van der Waals surface area contributed by atoms with Crippen LogP contribution in [0.1, 0.15) is 38.9 Å². The normalized spacial score (nSPS) is 11.8. The molecule has 0 fully saturated rings. The van der Waals surface area contributed by atoms with E-state index in [4.69, 9.17) is 16.1 Å². The molecule has 1 amide bonds. The first-order chi connectivity index (χ1) is 14.6. The smallest absolute Gasteiger partial charge is 0.257 e. The number of amides is 1. The third-order valence-corrected chi connectivity index (χ3v) is 5.09. The molecule has 0 spiro atoms. The van der Waals surface area contributed by atoms with E-state index in [0.29, 0.717) is 17.7 Å². The van der Waals surface area contributed by atoms with Gasteiger partial charge < -0.3 is 9.84 Å². The summed E-state index contributed by atoms with van der Waals surface area (Å²) in [5.74, 6) is -0.532. The van der Waals surface area contributed by atoms with Crippen molar-refractivity contribution < 1.29 is 13.7 Å². The third-order valence-electron chi connectivity index (χ3n) is 4.80. The Hall–Kier alpha value is -3.44. The van der Waals surface area contributed by atoms with E-state index >= 15 is 0 Å². The molecule has 0 saturated carbocycles. The SMILES string of the molecule is O=C(NC(c1ccccc1)c1cccc(Cl)c1F)c1cnoc1Cc1ccccc1. The van der Waals surface area contributed by atoms with Gasteiger partial charge >= 0.3 is 0 Å². The number of carbonyl (C=O) groups excluding carboxylic acids is 1. The van der Waals surface area contributed by atoms with Crippen LogP contribution in [-0.2, 0) is 6.42 Å². The van der Waals surface area contributed by atoms with Crippen molar-refractivity contribution in [3.8, 4) is 0 Å². The third kappa shape index (κ3) is 4.26. The van der Waals surface area contributed by atoms with E-state index < -0.39 is 17.8 Å². The summed E-state index contributed by atoms with van der Waals surface area (Å²) in [5, 5.41) is 6.70. The Labute approximate surface area is 178 Å². The maximum absolute atomic E-state index is 14.8. The van der Waals surface area contributed by atoms with Gasteiger partial charge in [0.1, 0.15) is 11.4 Å². The quantitative estimate of drug-likeness (QED) is 0.443. The zero-order chi connectivity index (χ0) is 20.9. The molecule has 0 aliphatic heterocycles. The van der Waals surface area contributed by atoms with Crippen LogP contribution in [-0.4, -0.2) is 11.1 Å². The van der Waals surface area contributed by atoms with Crippen molar-refractivity contribution in [3.63, 3.8) is 0 Å². The number of carbonyl (C=O) groups is 1. The van der Waals surface area contributed by atoms with Gasteiger partial charge in [0.05, 0.1) is 17.3 Å². The Morgan fingerprint density at radius 2 is 1.70 bits per heavy atom. The van der Waals surface area contributed by atoms with Crippen LogP contribution in [0.5, 0.6) is 0 Å². The summed E-state index contributed by atoms with van der Waals surface area (Å²) < 4.78 is 20.1. The van der Waals surface area contributed by atoms with Crippen LogP contribution in [0.3, 0.4) is 0 Å². The summed E-state index contributed by atoms with van der Waals surface area (Å²) >= 11 is 5.98. The standard InChI is InChI=1S/C24H18ClFN2O2/c25-20-13-7-12-18(22(20)26)23(17-10-5-2-6-11-17)28-24(29)19-15-27-30-21(19)14-16-8-3-1-4-9-16/h1-13,15,23H,14H2,(H,28,29). The number of hydrogen-bond acceptors (Lipinski definition) is 3. The number of nitrogens with one attached hydrogen (secondary N) is 1. The monoisotopic (exact) mass is 420 g/mol. The number of rotatable bonds is 6. The number of hydrogen-bond donors (Lipinski definition) is 1. The molecular formula is C24H18ClFN2O2. The molecule has 1 atom stereocenters. The molecule has 1 N–H and O–H groups in total. The second-order valence-electron chi connectivity index (χ2n) is 6.79. The Kier molecular flexibility index (Phi) is 5.91. The van der Waals surface area contributed by atoms with Crippen molar-refractivity contribution in [2.45, 2.75) is 12.5 Å². The minimum Gasteiger partial charge on any atom is -0.360 e. The van der Waals surface area contributed by atoms with Gasteiger partial charge in [-0.25, -0.2) is 4.39 Å². The minimum absolute atomic E-state index is 0.00238. The topological polar surface area (TPSA) is 55.1 Å². The van der Waals surface area contributed by atoms with E-state index in [1.807, 2.05) is 60.7 Å². The first-order valence-corrected chi connectivity index (χ1v) is 9.78. The van der Waals surface area contributed by atoms with Gasteiger partial charge in [0, 0.05) is 12.0 Å². The van der Waals surface area contributed by atoms with Gasteiger partial charge in [-0.15, -0.1) is 0 Å². The first kappa shape index (κ1) is 19.9. The molecule has 4 rings (SSSR count). The van der Waals surface area contributed by atoms with Gasteiger partial charge in [-0.05, 0) is 17.2 Å². The van der Waals surface area contributed by atoms with Crippen molar-refractivity contribution >= 4 is 17.5 Å². The van der Waals surface area contributed by atoms with Crippen molar-refractivity contribution in [2.24, 2.45) is 0 Å². The van der Waals surface area contributed by atoms with Crippen LogP contribution < -0.4 is 5.32 Å². The molecule has 150 valence electrons. The molecule has 0 aliphatic rings. The number of halogens is 2. The molecular weight excluding hydrogens is 403 g/mol. The Balaban J connectivity index is 1.65. The highest BCUT2D eigenvalue weighted by Gasteiger charge is 2.24. The summed E-state index contributed by atoms with van der Waals surface area (Å²) in [6.07, 6.45) is 1.80. The Morgan fingerprint density at radius 3 is 2.43 bits per heavy atom. The summed E-state index contributed by atoms with van der Waals surface area (Å²) in [7, 11) is 0. The molecule has 4 aromatic rings. The largest absolute Gasteiger partial charge is 0.360 e. The van der Waals surface area contributed by atoms with Crippen molar-refractivity contribution in [2.75, 3.05) is 0 Å². The molecule has 30 heavy (non-hydrogen) atoms. The van der Waals surface area contributed by atoms with Gasteiger partial charge in [-0.2, -0.15) is 0 Å². The number of nitrogens with zero attached hydrogens (tertiary/aromatic N) is 1. The zero-order valence-electron chi connectivity index (χ0n) is 15.9. The van der Waals surface area contributed by atoms with E-state index in [0.717, 1.165) is 11.1 Å². The molecule has 1 aromatic heterocycles. The van der Waals surface area contributed by atoms with Crippen LogP contribution >= 0.6 is 11.6 Å². The second-order valence-corrected chi connectivity index (χ2v) is 7.19. The molecule has 1 unspecified atom stereocenters. The lowest BCUT2D eigenvalue weighted by molar-refractivity contribution is 0.0940. The fourth-order valence-electron chi connectivity index (χ4n) is 3.30. The van der Waals surface area contributed by atoms with Crippen LogP contribution in [0.15, 0.2) is 89.6 Å². The maximum Gasteiger partial charge on any atom is 0.257 e.